The second-order valence-corrected chi connectivity index (χ2v) is 3.30. The number of rotatable bonds is 7. The maximum absolute atomic E-state index is 9.30. The van der Waals surface area contributed by atoms with Gasteiger partial charge in [0.1, 0.15) is 0 Å². The number of ether oxygens (including phenoxy) is 1. The predicted octanol–water partition coefficient (Wildman–Crippen LogP) is 0.315. The molecule has 0 unspecified atom stereocenters. The van der Waals surface area contributed by atoms with Gasteiger partial charge >= 0.3 is 0 Å². The lowest BCUT2D eigenvalue weighted by molar-refractivity contribution is -0.00760. The molecule has 4 nitrogen and oxygen atoms in total. The van der Waals surface area contributed by atoms with Crippen molar-refractivity contribution >= 4 is 0 Å². The topological polar surface area (TPSA) is 50.7 Å². The van der Waals surface area contributed by atoms with Gasteiger partial charge in [0.05, 0.1) is 18.8 Å². The van der Waals surface area contributed by atoms with Gasteiger partial charge in [-0.05, 0) is 20.3 Å². The average Bonchev–Trinajstić information content (AvgIpc) is 1.94. The molecule has 0 atom stereocenters. The molecule has 0 fully saturated rings. The molecule has 0 saturated carbocycles. The molecular weight excluding hydrogens is 158 g/mol. The highest BCUT2D eigenvalue weighted by molar-refractivity contribution is 4.64. The van der Waals surface area contributed by atoms with E-state index in [2.05, 4.69) is 5.48 Å². The molecule has 2 N–H and O–H groups in total. The van der Waals surface area contributed by atoms with Crippen LogP contribution in [0.25, 0.3) is 0 Å². The van der Waals surface area contributed by atoms with E-state index >= 15 is 0 Å². The van der Waals surface area contributed by atoms with E-state index in [-0.39, 0.29) is 0 Å². The summed E-state index contributed by atoms with van der Waals surface area (Å²) in [6, 6.07) is 0. The van der Waals surface area contributed by atoms with Crippen molar-refractivity contribution < 1.29 is 14.7 Å². The third-order valence-corrected chi connectivity index (χ3v) is 1.33. The molecule has 0 spiro atoms. The van der Waals surface area contributed by atoms with Gasteiger partial charge in [-0.3, -0.25) is 4.84 Å². The van der Waals surface area contributed by atoms with Gasteiger partial charge in [0.2, 0.25) is 0 Å². The summed E-state index contributed by atoms with van der Waals surface area (Å²) in [6.07, 6.45) is 0.667. The second-order valence-electron chi connectivity index (χ2n) is 3.30. The minimum absolute atomic E-state index is 0.530. The first-order chi connectivity index (χ1) is 5.56. The fourth-order valence-electron chi connectivity index (χ4n) is 0.626. The van der Waals surface area contributed by atoms with Crippen LogP contribution in [0.15, 0.2) is 0 Å². The maximum Gasteiger partial charge on any atom is 0.0915 e. The number of hydrogen-bond acceptors (Lipinski definition) is 4. The Morgan fingerprint density at radius 1 is 1.33 bits per heavy atom. The monoisotopic (exact) mass is 177 g/mol. The van der Waals surface area contributed by atoms with E-state index in [0.717, 1.165) is 0 Å². The third-order valence-electron chi connectivity index (χ3n) is 1.33. The van der Waals surface area contributed by atoms with Crippen LogP contribution < -0.4 is 5.48 Å². The molecule has 0 aliphatic carbocycles. The second kappa shape index (κ2) is 6.37. The first kappa shape index (κ1) is 11.8. The third kappa shape index (κ3) is 9.84. The van der Waals surface area contributed by atoms with Crippen molar-refractivity contribution in [2.45, 2.75) is 25.9 Å². The van der Waals surface area contributed by atoms with Gasteiger partial charge in [-0.1, -0.05) is 0 Å². The fraction of sp³-hybridized carbons (Fsp3) is 1.00. The van der Waals surface area contributed by atoms with Crippen LogP contribution in [0.5, 0.6) is 0 Å². The zero-order chi connectivity index (χ0) is 9.45. The van der Waals surface area contributed by atoms with Crippen molar-refractivity contribution in [2.24, 2.45) is 0 Å². The van der Waals surface area contributed by atoms with E-state index in [4.69, 9.17) is 9.57 Å². The molecule has 0 heterocycles. The van der Waals surface area contributed by atoms with E-state index in [1.807, 2.05) is 0 Å². The molecule has 0 aromatic heterocycles. The molecule has 0 aliphatic rings. The van der Waals surface area contributed by atoms with Gasteiger partial charge in [0.25, 0.3) is 0 Å². The molecule has 12 heavy (non-hydrogen) atoms. The van der Waals surface area contributed by atoms with E-state index in [0.29, 0.717) is 26.2 Å². The Morgan fingerprint density at radius 3 is 2.50 bits per heavy atom. The molecular formula is C8H19NO3. The van der Waals surface area contributed by atoms with E-state index in [1.165, 1.54) is 0 Å². The van der Waals surface area contributed by atoms with Crippen molar-refractivity contribution in [1.82, 2.24) is 5.48 Å². The quantitative estimate of drug-likeness (QED) is 0.434. The van der Waals surface area contributed by atoms with Crippen LogP contribution in [0.1, 0.15) is 20.3 Å². The maximum atomic E-state index is 9.30. The summed E-state index contributed by atoms with van der Waals surface area (Å²) in [6.45, 7) is 5.29. The Hall–Kier alpha value is -0.160. The molecule has 0 aliphatic heterocycles. The highest BCUT2D eigenvalue weighted by Gasteiger charge is 2.10. The van der Waals surface area contributed by atoms with E-state index in [1.54, 1.807) is 21.0 Å². The van der Waals surface area contributed by atoms with Gasteiger partial charge in [-0.25, -0.2) is 5.48 Å². The number of aliphatic hydroxyl groups is 1. The van der Waals surface area contributed by atoms with Crippen LogP contribution in [-0.2, 0) is 9.57 Å². The number of nitrogens with one attached hydrogen (secondary N) is 1. The Kier molecular flexibility index (Phi) is 6.28. The van der Waals surface area contributed by atoms with Crippen LogP contribution in [-0.4, -0.2) is 37.6 Å². The summed E-state index contributed by atoms with van der Waals surface area (Å²) in [7, 11) is 1.63. The predicted molar refractivity (Wildman–Crippen MR) is 46.7 cm³/mol. The summed E-state index contributed by atoms with van der Waals surface area (Å²) < 4.78 is 4.77. The normalized spacial score (nSPS) is 12.0. The summed E-state index contributed by atoms with van der Waals surface area (Å²) in [4.78, 5) is 4.98. The lowest BCUT2D eigenvalue weighted by Crippen LogP contribution is -2.27. The average molecular weight is 177 g/mol. The van der Waals surface area contributed by atoms with Crippen molar-refractivity contribution in [1.29, 1.82) is 0 Å². The molecule has 4 heteroatoms. The zero-order valence-corrected chi connectivity index (χ0v) is 8.09. The molecule has 0 amide bonds. The summed E-state index contributed by atoms with van der Waals surface area (Å²) in [5.74, 6) is 0. The summed E-state index contributed by atoms with van der Waals surface area (Å²) >= 11 is 0. The molecule has 74 valence electrons. The Balaban J connectivity index is 3.01. The van der Waals surface area contributed by atoms with Gasteiger partial charge in [0, 0.05) is 13.7 Å². The lowest BCUT2D eigenvalue weighted by Gasteiger charge is -2.16. The smallest absolute Gasteiger partial charge is 0.0915 e. The van der Waals surface area contributed by atoms with Crippen LogP contribution in [0.2, 0.25) is 0 Å². The van der Waals surface area contributed by atoms with Gasteiger partial charge in [-0.2, -0.15) is 0 Å². The molecule has 0 saturated heterocycles. The largest absolute Gasteiger partial charge is 0.390 e. The zero-order valence-electron chi connectivity index (χ0n) is 8.09. The van der Waals surface area contributed by atoms with Crippen molar-refractivity contribution in [3.05, 3.63) is 0 Å². The number of methoxy groups -OCH3 is 1. The van der Waals surface area contributed by atoms with Crippen LogP contribution in [0.3, 0.4) is 0 Å². The van der Waals surface area contributed by atoms with Crippen molar-refractivity contribution in [3.8, 4) is 0 Å². The highest BCUT2D eigenvalue weighted by Crippen LogP contribution is 2.04. The first-order valence-electron chi connectivity index (χ1n) is 4.12. The Labute approximate surface area is 73.8 Å². The number of hydrogen-bond donors (Lipinski definition) is 2. The number of hydroxylamine groups is 1. The van der Waals surface area contributed by atoms with Crippen LogP contribution in [0.4, 0.5) is 0 Å². The molecule has 0 bridgehead atoms. The van der Waals surface area contributed by atoms with Crippen molar-refractivity contribution in [2.75, 3.05) is 26.9 Å². The molecule has 0 aromatic rings. The van der Waals surface area contributed by atoms with Crippen LogP contribution >= 0.6 is 0 Å². The standard InChI is InChI=1S/C8H19NO3/c1-8(2,10)4-5-9-12-7-6-11-3/h9-10H,4-7H2,1-3H3. The summed E-state index contributed by atoms with van der Waals surface area (Å²) in [5, 5.41) is 9.30. The SMILES string of the molecule is COCCONCCC(C)(C)O. The highest BCUT2D eigenvalue weighted by atomic mass is 16.7. The van der Waals surface area contributed by atoms with Gasteiger partial charge < -0.3 is 9.84 Å². The Morgan fingerprint density at radius 2 is 2.00 bits per heavy atom. The summed E-state index contributed by atoms with van der Waals surface area (Å²) in [5.41, 5.74) is 2.11. The molecule has 0 radical (unpaired) electrons. The van der Waals surface area contributed by atoms with Crippen molar-refractivity contribution in [3.63, 3.8) is 0 Å². The minimum Gasteiger partial charge on any atom is -0.390 e. The first-order valence-corrected chi connectivity index (χ1v) is 4.12. The molecule has 0 aromatic carbocycles. The molecule has 0 rings (SSSR count). The van der Waals surface area contributed by atoms with E-state index in [9.17, 15) is 5.11 Å². The minimum atomic E-state index is -0.627. The fourth-order valence-corrected chi connectivity index (χ4v) is 0.626. The van der Waals surface area contributed by atoms with Crippen LogP contribution in [0, 0.1) is 0 Å². The van der Waals surface area contributed by atoms with E-state index < -0.39 is 5.60 Å². The lowest BCUT2D eigenvalue weighted by atomic mass is 10.1. The van der Waals surface area contributed by atoms with Gasteiger partial charge in [0.15, 0.2) is 0 Å². The van der Waals surface area contributed by atoms with Gasteiger partial charge in [-0.15, -0.1) is 0 Å². The Bertz CT molecular complexity index is 101.